The maximum Gasteiger partial charge on any atom is 0.197 e. The third-order valence-corrected chi connectivity index (χ3v) is 6.54. The average molecular weight is 450 g/mol. The summed E-state index contributed by atoms with van der Waals surface area (Å²) in [7, 11) is 0. The first kappa shape index (κ1) is 21.9. The van der Waals surface area contributed by atoms with Crippen LogP contribution in [0.4, 0.5) is 5.69 Å². The first-order valence-electron chi connectivity index (χ1n) is 11.6. The zero-order chi connectivity index (χ0) is 23.8. The van der Waals surface area contributed by atoms with Crippen molar-refractivity contribution in [3.05, 3.63) is 88.2 Å². The summed E-state index contributed by atoms with van der Waals surface area (Å²) in [6.45, 7) is 7.84. The number of ether oxygens (including phenoxy) is 1. The third kappa shape index (κ3) is 3.98. The number of aromatic amines is 1. The molecule has 1 N–H and O–H groups in total. The lowest BCUT2D eigenvalue weighted by molar-refractivity contribution is -0.00521. The number of rotatable bonds is 3. The van der Waals surface area contributed by atoms with E-state index in [9.17, 15) is 10.1 Å². The van der Waals surface area contributed by atoms with Crippen LogP contribution in [0.3, 0.4) is 0 Å². The number of hydrogen-bond donors (Lipinski definition) is 1. The molecule has 0 amide bonds. The Labute approximate surface area is 199 Å². The van der Waals surface area contributed by atoms with Crippen LogP contribution in [0.25, 0.3) is 33.2 Å². The van der Waals surface area contributed by atoms with Crippen LogP contribution in [0.15, 0.2) is 71.7 Å². The molecule has 4 aromatic rings. The number of fused-ring (bicyclic) bond motifs is 1. The molecule has 5 nitrogen and oxygen atoms in total. The number of anilines is 1. The van der Waals surface area contributed by atoms with Gasteiger partial charge in [-0.1, -0.05) is 36.4 Å². The lowest BCUT2D eigenvalue weighted by Crippen LogP contribution is -2.45. The van der Waals surface area contributed by atoms with Gasteiger partial charge in [-0.2, -0.15) is 5.26 Å². The number of benzene rings is 3. The monoisotopic (exact) mass is 449 g/mol. The van der Waals surface area contributed by atoms with Crippen molar-refractivity contribution in [1.29, 1.82) is 5.26 Å². The Hall–Kier alpha value is -3.88. The number of nitrogens with one attached hydrogen (secondary N) is 1. The Morgan fingerprint density at radius 1 is 0.971 bits per heavy atom. The number of aryl methyl sites for hydroxylation is 1. The molecule has 2 heterocycles. The molecule has 5 rings (SSSR count). The van der Waals surface area contributed by atoms with E-state index in [1.807, 2.05) is 55.5 Å². The van der Waals surface area contributed by atoms with Crippen LogP contribution in [0.5, 0.6) is 0 Å². The maximum absolute atomic E-state index is 13.5. The molecule has 1 aliphatic heterocycles. The predicted molar refractivity (Wildman–Crippen MR) is 137 cm³/mol. The van der Waals surface area contributed by atoms with Crippen LogP contribution in [0.1, 0.15) is 25.0 Å². The van der Waals surface area contributed by atoms with E-state index in [1.165, 1.54) is 0 Å². The molecule has 3 aromatic carbocycles. The van der Waals surface area contributed by atoms with Crippen molar-refractivity contribution in [2.75, 3.05) is 18.0 Å². The molecule has 34 heavy (non-hydrogen) atoms. The fourth-order valence-electron chi connectivity index (χ4n) is 4.90. The Kier molecular flexibility index (Phi) is 5.69. The van der Waals surface area contributed by atoms with Crippen LogP contribution in [-0.4, -0.2) is 30.3 Å². The molecule has 1 aliphatic rings. The van der Waals surface area contributed by atoms with Crippen LogP contribution in [0, 0.1) is 18.3 Å². The molecule has 170 valence electrons. The van der Waals surface area contributed by atoms with Gasteiger partial charge in [-0.25, -0.2) is 0 Å². The van der Waals surface area contributed by atoms with E-state index in [0.717, 1.165) is 46.5 Å². The lowest BCUT2D eigenvalue weighted by atomic mass is 9.96. The molecular formula is C29H27N3O2. The molecule has 0 bridgehead atoms. The number of H-pyrrole nitrogens is 1. The van der Waals surface area contributed by atoms with Crippen molar-refractivity contribution in [3.8, 4) is 28.3 Å². The SMILES string of the molecule is Cc1cc(-c2cccc3c(=O)c(-c4ccc(N5C[C@@H](C)O[C@@H](C)C5)cc4)c[nH]c23)ccc1C#N. The number of hydrogen-bond acceptors (Lipinski definition) is 4. The second-order valence-electron chi connectivity index (χ2n) is 9.11. The van der Waals surface area contributed by atoms with Gasteiger partial charge in [-0.05, 0) is 61.7 Å². The first-order valence-corrected chi connectivity index (χ1v) is 11.6. The normalized spacial score (nSPS) is 18.1. The topological polar surface area (TPSA) is 69.1 Å². The molecule has 0 aliphatic carbocycles. The highest BCUT2D eigenvalue weighted by Gasteiger charge is 2.22. The third-order valence-electron chi connectivity index (χ3n) is 6.54. The molecule has 1 fully saturated rings. The smallest absolute Gasteiger partial charge is 0.197 e. The van der Waals surface area contributed by atoms with Crippen LogP contribution < -0.4 is 10.3 Å². The number of nitriles is 1. The largest absolute Gasteiger partial charge is 0.372 e. The van der Waals surface area contributed by atoms with Crippen LogP contribution in [-0.2, 0) is 4.74 Å². The van der Waals surface area contributed by atoms with Gasteiger partial charge in [-0.3, -0.25) is 4.79 Å². The van der Waals surface area contributed by atoms with Crippen molar-refractivity contribution in [2.45, 2.75) is 33.0 Å². The quantitative estimate of drug-likeness (QED) is 0.438. The molecule has 2 atom stereocenters. The molecule has 1 aromatic heterocycles. The number of morpholine rings is 1. The number of nitrogens with zero attached hydrogens (tertiary/aromatic N) is 2. The molecule has 0 radical (unpaired) electrons. The van der Waals surface area contributed by atoms with Crippen molar-refractivity contribution >= 4 is 16.6 Å². The molecular weight excluding hydrogens is 422 g/mol. The van der Waals surface area contributed by atoms with Crippen LogP contribution in [0.2, 0.25) is 0 Å². The standard InChI is InChI=1S/C29H27N3O2/c1-18-13-22(7-8-23(18)14-30)25-5-4-6-26-28(25)31-15-27(29(26)33)21-9-11-24(12-10-21)32-16-19(2)34-20(3)17-32/h4-13,15,19-20H,16-17H2,1-3H3,(H,31,33)/t19-,20+. The minimum Gasteiger partial charge on any atom is -0.372 e. The summed E-state index contributed by atoms with van der Waals surface area (Å²) < 4.78 is 5.85. The molecule has 0 unspecified atom stereocenters. The van der Waals surface area contributed by atoms with Gasteiger partial charge in [0.1, 0.15) is 0 Å². The summed E-state index contributed by atoms with van der Waals surface area (Å²) in [5.41, 5.74) is 6.97. The predicted octanol–water partition coefficient (Wildman–Crippen LogP) is 5.66. The highest BCUT2D eigenvalue weighted by Crippen LogP contribution is 2.29. The van der Waals surface area contributed by atoms with Gasteiger partial charge in [-0.15, -0.1) is 0 Å². The van der Waals surface area contributed by atoms with E-state index in [-0.39, 0.29) is 17.6 Å². The van der Waals surface area contributed by atoms with Crippen molar-refractivity contribution in [1.82, 2.24) is 4.98 Å². The van der Waals surface area contributed by atoms with E-state index >= 15 is 0 Å². The minimum atomic E-state index is 0.00216. The molecule has 5 heteroatoms. The van der Waals surface area contributed by atoms with Crippen molar-refractivity contribution in [3.63, 3.8) is 0 Å². The van der Waals surface area contributed by atoms with Gasteiger partial charge in [0.2, 0.25) is 0 Å². The minimum absolute atomic E-state index is 0.00216. The second-order valence-corrected chi connectivity index (χ2v) is 9.11. The Morgan fingerprint density at radius 2 is 1.68 bits per heavy atom. The lowest BCUT2D eigenvalue weighted by Gasteiger charge is -2.36. The van der Waals surface area contributed by atoms with E-state index in [4.69, 9.17) is 4.74 Å². The first-order chi connectivity index (χ1) is 16.4. The summed E-state index contributed by atoms with van der Waals surface area (Å²) in [5.74, 6) is 0. The second kappa shape index (κ2) is 8.81. The van der Waals surface area contributed by atoms with Crippen molar-refractivity contribution in [2.24, 2.45) is 0 Å². The number of pyridine rings is 1. The highest BCUT2D eigenvalue weighted by molar-refractivity contribution is 5.95. The maximum atomic E-state index is 13.5. The fraction of sp³-hybridized carbons (Fsp3) is 0.241. The summed E-state index contributed by atoms with van der Waals surface area (Å²) >= 11 is 0. The number of aromatic nitrogens is 1. The molecule has 0 spiro atoms. The van der Waals surface area contributed by atoms with Gasteiger partial charge < -0.3 is 14.6 Å². The Morgan fingerprint density at radius 3 is 2.35 bits per heavy atom. The average Bonchev–Trinajstić information content (AvgIpc) is 2.83. The van der Waals surface area contributed by atoms with E-state index in [2.05, 4.69) is 41.9 Å². The van der Waals surface area contributed by atoms with E-state index in [1.54, 1.807) is 6.20 Å². The summed E-state index contributed by atoms with van der Waals surface area (Å²) in [6, 6.07) is 21.9. The van der Waals surface area contributed by atoms with Crippen molar-refractivity contribution < 1.29 is 4.74 Å². The Bertz CT molecular complexity index is 1450. The summed E-state index contributed by atoms with van der Waals surface area (Å²) in [6.07, 6.45) is 2.19. The zero-order valence-electron chi connectivity index (χ0n) is 19.6. The van der Waals surface area contributed by atoms with Gasteiger partial charge in [0.15, 0.2) is 5.43 Å². The van der Waals surface area contributed by atoms with E-state index < -0.39 is 0 Å². The Balaban J connectivity index is 1.51. The summed E-state index contributed by atoms with van der Waals surface area (Å²) in [4.78, 5) is 19.2. The molecule has 1 saturated heterocycles. The van der Waals surface area contributed by atoms with Gasteiger partial charge in [0.25, 0.3) is 0 Å². The van der Waals surface area contributed by atoms with Gasteiger partial charge in [0, 0.05) is 41.5 Å². The van der Waals surface area contributed by atoms with E-state index in [0.29, 0.717) is 16.5 Å². The number of para-hydroxylation sites is 1. The fourth-order valence-corrected chi connectivity index (χ4v) is 4.90. The highest BCUT2D eigenvalue weighted by atomic mass is 16.5. The summed E-state index contributed by atoms with van der Waals surface area (Å²) in [5, 5.41) is 9.89. The molecule has 0 saturated carbocycles. The van der Waals surface area contributed by atoms with Gasteiger partial charge >= 0.3 is 0 Å². The van der Waals surface area contributed by atoms with Gasteiger partial charge in [0.05, 0.1) is 29.4 Å². The van der Waals surface area contributed by atoms with Crippen LogP contribution >= 0.6 is 0 Å². The zero-order valence-corrected chi connectivity index (χ0v) is 19.6.